The largest absolute Gasteiger partial charge is 0.396 e. The smallest absolute Gasteiger partial charge is 0.211 e. The highest BCUT2D eigenvalue weighted by Gasteiger charge is 2.42. The van der Waals surface area contributed by atoms with Crippen LogP contribution in [0.1, 0.15) is 39.0 Å². The molecule has 2 rings (SSSR count). The van der Waals surface area contributed by atoms with Crippen molar-refractivity contribution in [2.24, 2.45) is 17.8 Å². The van der Waals surface area contributed by atoms with Crippen LogP contribution >= 0.6 is 0 Å². The number of rotatable bonds is 6. The third-order valence-corrected chi connectivity index (χ3v) is 5.93. The summed E-state index contributed by atoms with van der Waals surface area (Å²) < 4.78 is 26.3. The second-order valence-electron chi connectivity index (χ2n) is 5.64. The summed E-state index contributed by atoms with van der Waals surface area (Å²) in [6.07, 6.45) is 5.42. The molecular weight excluding hydrogens is 238 g/mol. The highest BCUT2D eigenvalue weighted by Crippen LogP contribution is 2.49. The molecule has 100 valence electrons. The van der Waals surface area contributed by atoms with Crippen LogP contribution in [0.25, 0.3) is 0 Å². The predicted octanol–water partition coefficient (Wildman–Crippen LogP) is 1.11. The zero-order valence-electron chi connectivity index (χ0n) is 10.4. The Bertz CT molecular complexity index is 355. The van der Waals surface area contributed by atoms with Crippen molar-refractivity contribution < 1.29 is 13.5 Å². The molecule has 0 radical (unpaired) electrons. The molecule has 2 bridgehead atoms. The van der Waals surface area contributed by atoms with Crippen LogP contribution in [0.5, 0.6) is 0 Å². The SMILES string of the molecule is CC(NS(=O)(=O)CCCO)C1CC2CCC1C2. The van der Waals surface area contributed by atoms with Crippen LogP contribution < -0.4 is 4.72 Å². The topological polar surface area (TPSA) is 66.4 Å². The molecule has 0 aromatic carbocycles. The van der Waals surface area contributed by atoms with E-state index in [-0.39, 0.29) is 18.4 Å². The Morgan fingerprint density at radius 3 is 2.65 bits per heavy atom. The fraction of sp³-hybridized carbons (Fsp3) is 1.00. The molecule has 2 aliphatic carbocycles. The van der Waals surface area contributed by atoms with Gasteiger partial charge in [-0.15, -0.1) is 0 Å². The number of fused-ring (bicyclic) bond motifs is 2. The van der Waals surface area contributed by atoms with Crippen molar-refractivity contribution in [3.05, 3.63) is 0 Å². The van der Waals surface area contributed by atoms with Crippen LogP contribution in [0, 0.1) is 17.8 Å². The van der Waals surface area contributed by atoms with Crippen molar-refractivity contribution in [2.75, 3.05) is 12.4 Å². The Hall–Kier alpha value is -0.130. The zero-order chi connectivity index (χ0) is 12.5. The molecule has 2 saturated carbocycles. The lowest BCUT2D eigenvalue weighted by atomic mass is 9.84. The number of hydrogen-bond donors (Lipinski definition) is 2. The van der Waals surface area contributed by atoms with Gasteiger partial charge in [0.15, 0.2) is 0 Å². The molecule has 4 atom stereocenters. The van der Waals surface area contributed by atoms with Crippen molar-refractivity contribution in [1.82, 2.24) is 4.72 Å². The molecule has 0 spiro atoms. The van der Waals surface area contributed by atoms with Gasteiger partial charge in [0.05, 0.1) is 5.75 Å². The summed E-state index contributed by atoms with van der Waals surface area (Å²) in [5.41, 5.74) is 0. The molecule has 4 unspecified atom stereocenters. The first-order chi connectivity index (χ1) is 8.02. The molecule has 0 amide bonds. The Morgan fingerprint density at radius 2 is 2.12 bits per heavy atom. The van der Waals surface area contributed by atoms with Crippen molar-refractivity contribution in [3.8, 4) is 0 Å². The molecule has 4 nitrogen and oxygen atoms in total. The molecule has 0 saturated heterocycles. The Balaban J connectivity index is 1.86. The molecule has 5 heteroatoms. The van der Waals surface area contributed by atoms with E-state index in [4.69, 9.17) is 5.11 Å². The lowest BCUT2D eigenvalue weighted by molar-refractivity contribution is 0.279. The van der Waals surface area contributed by atoms with Crippen LogP contribution in [0.4, 0.5) is 0 Å². The maximum absolute atomic E-state index is 11.7. The van der Waals surface area contributed by atoms with E-state index in [0.29, 0.717) is 12.3 Å². The van der Waals surface area contributed by atoms with E-state index in [1.807, 2.05) is 6.92 Å². The van der Waals surface area contributed by atoms with Gasteiger partial charge in [0, 0.05) is 12.6 Å². The minimum atomic E-state index is -3.21. The highest BCUT2D eigenvalue weighted by atomic mass is 32.2. The highest BCUT2D eigenvalue weighted by molar-refractivity contribution is 7.89. The van der Waals surface area contributed by atoms with E-state index in [2.05, 4.69) is 4.72 Å². The van der Waals surface area contributed by atoms with Gasteiger partial charge >= 0.3 is 0 Å². The zero-order valence-corrected chi connectivity index (χ0v) is 11.2. The maximum Gasteiger partial charge on any atom is 0.211 e. The van der Waals surface area contributed by atoms with Crippen LogP contribution in [-0.2, 0) is 10.0 Å². The molecule has 2 fully saturated rings. The third kappa shape index (κ3) is 3.20. The quantitative estimate of drug-likeness (QED) is 0.753. The average molecular weight is 261 g/mol. The van der Waals surface area contributed by atoms with Crippen molar-refractivity contribution >= 4 is 10.0 Å². The first-order valence-corrected chi connectivity index (χ1v) is 8.28. The summed E-state index contributed by atoms with van der Waals surface area (Å²) in [5, 5.41) is 8.67. The van der Waals surface area contributed by atoms with E-state index < -0.39 is 10.0 Å². The first kappa shape index (κ1) is 13.3. The number of nitrogens with one attached hydrogen (secondary N) is 1. The van der Waals surface area contributed by atoms with Crippen molar-refractivity contribution in [1.29, 1.82) is 0 Å². The van der Waals surface area contributed by atoms with Crippen molar-refractivity contribution in [3.63, 3.8) is 0 Å². The Morgan fingerprint density at radius 1 is 1.35 bits per heavy atom. The molecular formula is C12H23NO3S. The second kappa shape index (κ2) is 5.24. The molecule has 2 N–H and O–H groups in total. The lowest BCUT2D eigenvalue weighted by Gasteiger charge is -2.28. The second-order valence-corrected chi connectivity index (χ2v) is 7.51. The van der Waals surface area contributed by atoms with Gasteiger partial charge < -0.3 is 5.11 Å². The number of aliphatic hydroxyl groups is 1. The monoisotopic (exact) mass is 261 g/mol. The summed E-state index contributed by atoms with van der Waals surface area (Å²) in [6.45, 7) is 1.92. The van der Waals surface area contributed by atoms with E-state index >= 15 is 0 Å². The van der Waals surface area contributed by atoms with Gasteiger partial charge in [-0.3, -0.25) is 0 Å². The van der Waals surface area contributed by atoms with Gasteiger partial charge in [0.25, 0.3) is 0 Å². The standard InChI is InChI=1S/C12H23NO3S/c1-9(13-17(15,16)6-2-5-14)12-8-10-3-4-11(12)7-10/h9-14H,2-8H2,1H3. The minimum Gasteiger partial charge on any atom is -0.396 e. The molecule has 17 heavy (non-hydrogen) atoms. The third-order valence-electron chi connectivity index (χ3n) is 4.37. The van der Waals surface area contributed by atoms with Gasteiger partial charge in [-0.2, -0.15) is 0 Å². The normalized spacial score (nSPS) is 34.1. The summed E-state index contributed by atoms with van der Waals surface area (Å²) in [5.74, 6) is 2.14. The maximum atomic E-state index is 11.7. The van der Waals surface area contributed by atoms with Gasteiger partial charge in [-0.1, -0.05) is 6.42 Å². The fourth-order valence-corrected chi connectivity index (χ4v) is 4.96. The van der Waals surface area contributed by atoms with Crippen LogP contribution in [-0.4, -0.2) is 31.9 Å². The lowest BCUT2D eigenvalue weighted by Crippen LogP contribution is -2.41. The number of hydrogen-bond acceptors (Lipinski definition) is 3. The molecule has 0 aromatic rings. The summed E-state index contributed by atoms with van der Waals surface area (Å²) in [6, 6.07) is 0.0500. The Kier molecular flexibility index (Phi) is 4.10. The van der Waals surface area contributed by atoms with Gasteiger partial charge in [-0.05, 0) is 50.4 Å². The van der Waals surface area contributed by atoms with Crippen LogP contribution in [0.15, 0.2) is 0 Å². The van der Waals surface area contributed by atoms with Crippen LogP contribution in [0.3, 0.4) is 0 Å². The fourth-order valence-electron chi connectivity index (χ4n) is 3.59. The van der Waals surface area contributed by atoms with Crippen LogP contribution in [0.2, 0.25) is 0 Å². The summed E-state index contributed by atoms with van der Waals surface area (Å²) in [7, 11) is -3.21. The minimum absolute atomic E-state index is 0.0364. The first-order valence-electron chi connectivity index (χ1n) is 6.62. The van der Waals surface area contributed by atoms with Gasteiger partial charge in [0.1, 0.15) is 0 Å². The van der Waals surface area contributed by atoms with Gasteiger partial charge in [-0.25, -0.2) is 13.1 Å². The van der Waals surface area contributed by atoms with Crippen molar-refractivity contribution in [2.45, 2.75) is 45.1 Å². The Labute approximate surface area is 104 Å². The molecule has 0 aliphatic heterocycles. The predicted molar refractivity (Wildman–Crippen MR) is 67.0 cm³/mol. The van der Waals surface area contributed by atoms with E-state index in [1.165, 1.54) is 25.7 Å². The van der Waals surface area contributed by atoms with E-state index in [9.17, 15) is 8.42 Å². The number of aliphatic hydroxyl groups excluding tert-OH is 1. The average Bonchev–Trinajstić information content (AvgIpc) is 2.87. The van der Waals surface area contributed by atoms with Gasteiger partial charge in [0.2, 0.25) is 10.0 Å². The van der Waals surface area contributed by atoms with E-state index in [1.54, 1.807) is 0 Å². The molecule has 0 heterocycles. The summed E-state index contributed by atoms with van der Waals surface area (Å²) in [4.78, 5) is 0. The molecule has 2 aliphatic rings. The van der Waals surface area contributed by atoms with E-state index in [0.717, 1.165) is 11.8 Å². The molecule has 0 aromatic heterocycles. The summed E-state index contributed by atoms with van der Waals surface area (Å²) >= 11 is 0. The number of sulfonamides is 1.